The number of nitrogens with one attached hydrogen (secondary N) is 1. The van der Waals surface area contributed by atoms with Gasteiger partial charge in [-0.3, -0.25) is 4.68 Å². The average molecular weight is 271 g/mol. The van der Waals surface area contributed by atoms with Gasteiger partial charge in [0.2, 0.25) is 0 Å². The highest BCUT2D eigenvalue weighted by atomic mass is 15.3. The Labute approximate surface area is 122 Å². The lowest BCUT2D eigenvalue weighted by atomic mass is 10.1. The van der Waals surface area contributed by atoms with Crippen molar-refractivity contribution in [2.45, 2.75) is 46.7 Å². The molecule has 20 heavy (non-hydrogen) atoms. The molecule has 0 amide bonds. The van der Waals surface area contributed by atoms with Crippen LogP contribution in [-0.4, -0.2) is 16.8 Å². The van der Waals surface area contributed by atoms with Gasteiger partial charge in [0.15, 0.2) is 0 Å². The number of benzene rings is 1. The summed E-state index contributed by atoms with van der Waals surface area (Å²) in [6, 6.07) is 8.72. The Morgan fingerprint density at radius 2 is 1.80 bits per heavy atom. The summed E-state index contributed by atoms with van der Waals surface area (Å²) in [6.45, 7) is 8.27. The summed E-state index contributed by atoms with van der Waals surface area (Å²) in [6.07, 6.45) is 2.01. The lowest BCUT2D eigenvalue weighted by Crippen LogP contribution is -2.10. The van der Waals surface area contributed by atoms with Crippen LogP contribution in [0.25, 0.3) is 0 Å². The van der Waals surface area contributed by atoms with Gasteiger partial charge in [-0.05, 0) is 32.4 Å². The summed E-state index contributed by atoms with van der Waals surface area (Å²) < 4.78 is 2.18. The van der Waals surface area contributed by atoms with Crippen molar-refractivity contribution in [3.8, 4) is 0 Å². The molecule has 2 aromatic rings. The highest BCUT2D eigenvalue weighted by Gasteiger charge is 2.14. The fourth-order valence-electron chi connectivity index (χ4n) is 2.65. The number of rotatable bonds is 6. The third-order valence-electron chi connectivity index (χ3n) is 3.73. The van der Waals surface area contributed by atoms with Crippen LogP contribution in [0.15, 0.2) is 24.3 Å². The number of hydrogen-bond donors (Lipinski definition) is 1. The van der Waals surface area contributed by atoms with E-state index in [1.807, 2.05) is 7.05 Å². The van der Waals surface area contributed by atoms with Gasteiger partial charge in [0, 0.05) is 17.8 Å². The predicted molar refractivity (Wildman–Crippen MR) is 84.0 cm³/mol. The molecule has 0 saturated heterocycles. The summed E-state index contributed by atoms with van der Waals surface area (Å²) in [4.78, 5) is 0. The first-order valence-electron chi connectivity index (χ1n) is 7.47. The van der Waals surface area contributed by atoms with Crippen LogP contribution in [0, 0.1) is 6.92 Å². The Kier molecular flexibility index (Phi) is 4.96. The van der Waals surface area contributed by atoms with Gasteiger partial charge in [-0.2, -0.15) is 5.10 Å². The molecule has 0 unspecified atom stereocenters. The molecule has 0 radical (unpaired) electrons. The monoisotopic (exact) mass is 271 g/mol. The lowest BCUT2D eigenvalue weighted by Gasteiger charge is -2.08. The molecule has 1 N–H and O–H groups in total. The van der Waals surface area contributed by atoms with Crippen molar-refractivity contribution < 1.29 is 0 Å². The molecule has 0 saturated carbocycles. The van der Waals surface area contributed by atoms with E-state index in [-0.39, 0.29) is 0 Å². The van der Waals surface area contributed by atoms with Crippen molar-refractivity contribution in [2.75, 3.05) is 7.05 Å². The smallest absolute Gasteiger partial charge is 0.0669 e. The first-order chi connectivity index (χ1) is 9.69. The van der Waals surface area contributed by atoms with Crippen LogP contribution in [0.5, 0.6) is 0 Å². The van der Waals surface area contributed by atoms with Crippen molar-refractivity contribution in [1.29, 1.82) is 0 Å². The Bertz CT molecular complexity index is 552. The van der Waals surface area contributed by atoms with Gasteiger partial charge < -0.3 is 5.32 Å². The number of hydrogen-bond acceptors (Lipinski definition) is 2. The SMILES string of the molecule is CCc1nn(Cc2ccc(C)cc2)c(CC)c1CNC. The molecule has 0 fully saturated rings. The summed E-state index contributed by atoms with van der Waals surface area (Å²) in [5.41, 5.74) is 6.58. The summed E-state index contributed by atoms with van der Waals surface area (Å²) in [5, 5.41) is 8.08. The van der Waals surface area contributed by atoms with Gasteiger partial charge in [0.05, 0.1) is 12.2 Å². The van der Waals surface area contributed by atoms with E-state index >= 15 is 0 Å². The highest BCUT2D eigenvalue weighted by molar-refractivity contribution is 5.28. The predicted octanol–water partition coefficient (Wildman–Crippen LogP) is 3.08. The quantitative estimate of drug-likeness (QED) is 0.875. The van der Waals surface area contributed by atoms with E-state index in [4.69, 9.17) is 5.10 Å². The number of aromatic nitrogens is 2. The fourth-order valence-corrected chi connectivity index (χ4v) is 2.65. The maximum Gasteiger partial charge on any atom is 0.0669 e. The van der Waals surface area contributed by atoms with E-state index in [0.29, 0.717) is 0 Å². The molecule has 0 aliphatic heterocycles. The minimum absolute atomic E-state index is 0.861. The highest BCUT2D eigenvalue weighted by Crippen LogP contribution is 2.18. The zero-order valence-electron chi connectivity index (χ0n) is 13.0. The summed E-state index contributed by atoms with van der Waals surface area (Å²) >= 11 is 0. The van der Waals surface area contributed by atoms with Crippen LogP contribution in [-0.2, 0) is 25.9 Å². The molecule has 2 rings (SSSR count). The molecule has 3 heteroatoms. The molecule has 108 valence electrons. The van der Waals surface area contributed by atoms with Crippen molar-refractivity contribution in [1.82, 2.24) is 15.1 Å². The number of nitrogens with zero attached hydrogens (tertiary/aromatic N) is 2. The molecule has 1 aromatic heterocycles. The van der Waals surface area contributed by atoms with Crippen LogP contribution in [0.1, 0.15) is 41.9 Å². The lowest BCUT2D eigenvalue weighted by molar-refractivity contribution is 0.638. The Morgan fingerprint density at radius 3 is 2.35 bits per heavy atom. The van der Waals surface area contributed by atoms with Gasteiger partial charge in [-0.15, -0.1) is 0 Å². The van der Waals surface area contributed by atoms with Crippen LogP contribution < -0.4 is 5.32 Å². The molecular formula is C17H25N3. The molecular weight excluding hydrogens is 246 g/mol. The molecule has 1 aromatic carbocycles. The van der Waals surface area contributed by atoms with E-state index in [9.17, 15) is 0 Å². The van der Waals surface area contributed by atoms with Gasteiger partial charge >= 0.3 is 0 Å². The topological polar surface area (TPSA) is 29.9 Å². The zero-order chi connectivity index (χ0) is 14.5. The van der Waals surface area contributed by atoms with Crippen LogP contribution in [0.2, 0.25) is 0 Å². The van der Waals surface area contributed by atoms with Gasteiger partial charge in [0.25, 0.3) is 0 Å². The Morgan fingerprint density at radius 1 is 1.10 bits per heavy atom. The van der Waals surface area contributed by atoms with E-state index < -0.39 is 0 Å². The fraction of sp³-hybridized carbons (Fsp3) is 0.471. The molecule has 0 aliphatic rings. The van der Waals surface area contributed by atoms with Crippen molar-refractivity contribution in [3.63, 3.8) is 0 Å². The Balaban J connectivity index is 2.33. The molecule has 0 spiro atoms. The first kappa shape index (κ1) is 14.8. The van der Waals surface area contributed by atoms with Gasteiger partial charge in [0.1, 0.15) is 0 Å². The standard InChI is InChI=1S/C17H25N3/c1-5-16-15(11-18-4)17(6-2)20(19-16)12-14-9-7-13(3)8-10-14/h7-10,18H,5-6,11-12H2,1-4H3. The molecule has 0 aliphatic carbocycles. The second kappa shape index (κ2) is 6.71. The van der Waals surface area contributed by atoms with E-state index in [1.165, 1.54) is 28.1 Å². The van der Waals surface area contributed by atoms with Crippen molar-refractivity contribution >= 4 is 0 Å². The number of aryl methyl sites for hydroxylation is 2. The molecule has 0 atom stereocenters. The second-order valence-electron chi connectivity index (χ2n) is 5.25. The van der Waals surface area contributed by atoms with Crippen LogP contribution in [0.4, 0.5) is 0 Å². The minimum atomic E-state index is 0.861. The third-order valence-corrected chi connectivity index (χ3v) is 3.73. The van der Waals surface area contributed by atoms with E-state index in [2.05, 4.69) is 55.0 Å². The van der Waals surface area contributed by atoms with Crippen LogP contribution >= 0.6 is 0 Å². The van der Waals surface area contributed by atoms with Crippen molar-refractivity contribution in [2.24, 2.45) is 0 Å². The maximum absolute atomic E-state index is 4.81. The molecule has 3 nitrogen and oxygen atoms in total. The summed E-state index contributed by atoms with van der Waals surface area (Å²) in [5.74, 6) is 0. The first-order valence-corrected chi connectivity index (χ1v) is 7.47. The van der Waals surface area contributed by atoms with Gasteiger partial charge in [-0.25, -0.2) is 0 Å². The molecule has 0 bridgehead atoms. The van der Waals surface area contributed by atoms with Gasteiger partial charge in [-0.1, -0.05) is 43.7 Å². The normalized spacial score (nSPS) is 11.0. The zero-order valence-corrected chi connectivity index (χ0v) is 13.0. The largest absolute Gasteiger partial charge is 0.316 e. The maximum atomic E-state index is 4.81. The second-order valence-corrected chi connectivity index (χ2v) is 5.25. The van der Waals surface area contributed by atoms with Crippen molar-refractivity contribution in [3.05, 3.63) is 52.3 Å². The van der Waals surface area contributed by atoms with Crippen LogP contribution in [0.3, 0.4) is 0 Å². The Hall–Kier alpha value is -1.61. The molecule has 1 heterocycles. The third kappa shape index (κ3) is 3.10. The minimum Gasteiger partial charge on any atom is -0.316 e. The van der Waals surface area contributed by atoms with E-state index in [1.54, 1.807) is 0 Å². The van der Waals surface area contributed by atoms with E-state index in [0.717, 1.165) is 25.9 Å². The summed E-state index contributed by atoms with van der Waals surface area (Å²) in [7, 11) is 2.00. The average Bonchev–Trinajstić information content (AvgIpc) is 2.79.